The van der Waals surface area contributed by atoms with Crippen LogP contribution in [0.2, 0.25) is 4.34 Å². The first-order chi connectivity index (χ1) is 13.1. The Kier molecular flexibility index (Phi) is 7.55. The number of guanidine groups is 1. The maximum Gasteiger partial charge on any atom is 0.191 e. The molecule has 3 N–H and O–H groups in total. The lowest BCUT2D eigenvalue weighted by atomic mass is 10.1. The van der Waals surface area contributed by atoms with Crippen LogP contribution in [0.3, 0.4) is 0 Å². The van der Waals surface area contributed by atoms with E-state index in [1.165, 1.54) is 21.8 Å². The summed E-state index contributed by atoms with van der Waals surface area (Å²) in [6, 6.07) is 6.28. The zero-order chi connectivity index (χ0) is 19.2. The van der Waals surface area contributed by atoms with Crippen molar-refractivity contribution in [3.8, 4) is 0 Å². The summed E-state index contributed by atoms with van der Waals surface area (Å²) in [6.07, 6.45) is 0.539. The molecule has 0 bridgehead atoms. The van der Waals surface area contributed by atoms with Crippen LogP contribution < -0.4 is 10.6 Å². The Balaban J connectivity index is 1.52. The van der Waals surface area contributed by atoms with E-state index in [4.69, 9.17) is 16.6 Å². The second kappa shape index (κ2) is 9.89. The summed E-state index contributed by atoms with van der Waals surface area (Å²) in [5.74, 6) is 0.735. The zero-order valence-electron chi connectivity index (χ0n) is 15.7. The van der Waals surface area contributed by atoms with Crippen molar-refractivity contribution in [3.63, 3.8) is 0 Å². The molecular formula is C19H27ClN4OS2. The molecule has 148 valence electrons. The van der Waals surface area contributed by atoms with Gasteiger partial charge in [0.2, 0.25) is 0 Å². The second-order valence-electron chi connectivity index (χ2n) is 6.70. The number of hydrogen-bond donors (Lipinski definition) is 3. The minimum Gasteiger partial charge on any atom is -0.386 e. The summed E-state index contributed by atoms with van der Waals surface area (Å²) in [4.78, 5) is 9.60. The van der Waals surface area contributed by atoms with Crippen molar-refractivity contribution in [2.75, 3.05) is 26.2 Å². The predicted molar refractivity (Wildman–Crippen MR) is 116 cm³/mol. The molecule has 0 fully saturated rings. The summed E-state index contributed by atoms with van der Waals surface area (Å²) < 4.78 is 0.689. The van der Waals surface area contributed by atoms with Gasteiger partial charge in [-0.15, -0.1) is 22.7 Å². The number of thiophene rings is 2. The quantitative estimate of drug-likeness (QED) is 0.468. The molecule has 0 aliphatic carbocycles. The Morgan fingerprint density at radius 1 is 1.37 bits per heavy atom. The number of rotatable bonds is 7. The van der Waals surface area contributed by atoms with Crippen LogP contribution in [0.5, 0.6) is 0 Å². The summed E-state index contributed by atoms with van der Waals surface area (Å²) in [5.41, 5.74) is 1.46. The van der Waals surface area contributed by atoms with Crippen molar-refractivity contribution in [3.05, 3.63) is 43.2 Å². The van der Waals surface area contributed by atoms with Gasteiger partial charge in [-0.05, 0) is 49.4 Å². The van der Waals surface area contributed by atoms with E-state index in [0.29, 0.717) is 16.9 Å². The molecule has 3 heterocycles. The first-order valence-electron chi connectivity index (χ1n) is 9.31. The van der Waals surface area contributed by atoms with E-state index in [9.17, 15) is 5.11 Å². The summed E-state index contributed by atoms with van der Waals surface area (Å²) in [6.45, 7) is 8.27. The number of aliphatic hydroxyl groups excluding tert-OH is 1. The number of aliphatic hydroxyl groups is 1. The molecule has 0 saturated carbocycles. The van der Waals surface area contributed by atoms with Gasteiger partial charge in [0.15, 0.2) is 5.96 Å². The smallest absolute Gasteiger partial charge is 0.191 e. The van der Waals surface area contributed by atoms with Gasteiger partial charge in [0, 0.05) is 42.0 Å². The van der Waals surface area contributed by atoms with Gasteiger partial charge in [-0.3, -0.25) is 9.89 Å². The second-order valence-corrected chi connectivity index (χ2v) is 9.44. The van der Waals surface area contributed by atoms with Gasteiger partial charge in [-0.25, -0.2) is 0 Å². The van der Waals surface area contributed by atoms with Crippen molar-refractivity contribution in [1.82, 2.24) is 15.5 Å². The molecule has 2 unspecified atom stereocenters. The van der Waals surface area contributed by atoms with E-state index in [2.05, 4.69) is 33.9 Å². The number of nitrogens with zero attached hydrogens (tertiary/aromatic N) is 2. The van der Waals surface area contributed by atoms with Crippen LogP contribution in [0.15, 0.2) is 28.6 Å². The molecule has 0 saturated heterocycles. The molecule has 0 amide bonds. The predicted octanol–water partition coefficient (Wildman–Crippen LogP) is 3.50. The largest absolute Gasteiger partial charge is 0.386 e. The van der Waals surface area contributed by atoms with Crippen molar-refractivity contribution in [2.45, 2.75) is 39.0 Å². The number of halogens is 1. The third kappa shape index (κ3) is 5.68. The minimum absolute atomic E-state index is 0.370. The Morgan fingerprint density at radius 2 is 2.22 bits per heavy atom. The average molecular weight is 427 g/mol. The van der Waals surface area contributed by atoms with Crippen LogP contribution in [-0.4, -0.2) is 48.2 Å². The number of fused-ring (bicyclic) bond motifs is 1. The van der Waals surface area contributed by atoms with E-state index < -0.39 is 6.10 Å². The first kappa shape index (κ1) is 20.6. The lowest BCUT2D eigenvalue weighted by Gasteiger charge is -2.31. The number of aliphatic imine (C=N–C) groups is 1. The molecule has 2 aromatic rings. The van der Waals surface area contributed by atoms with Crippen molar-refractivity contribution in [2.24, 2.45) is 4.99 Å². The Hall–Kier alpha value is -1.12. The maximum atomic E-state index is 10.3. The first-order valence-corrected chi connectivity index (χ1v) is 11.4. The van der Waals surface area contributed by atoms with E-state index in [1.54, 1.807) is 0 Å². The van der Waals surface area contributed by atoms with E-state index in [1.807, 2.05) is 30.4 Å². The lowest BCUT2D eigenvalue weighted by molar-refractivity contribution is 0.184. The zero-order valence-corrected chi connectivity index (χ0v) is 18.1. The lowest BCUT2D eigenvalue weighted by Crippen LogP contribution is -2.42. The molecule has 27 heavy (non-hydrogen) atoms. The van der Waals surface area contributed by atoms with Crippen LogP contribution in [0.25, 0.3) is 0 Å². The third-order valence-electron chi connectivity index (χ3n) is 4.70. The Bertz CT molecular complexity index is 760. The molecule has 2 atom stereocenters. The molecule has 2 aromatic heterocycles. The molecule has 0 spiro atoms. The fourth-order valence-electron chi connectivity index (χ4n) is 3.13. The third-order valence-corrected chi connectivity index (χ3v) is 7.06. The molecule has 3 rings (SSSR count). The summed E-state index contributed by atoms with van der Waals surface area (Å²) in [5, 5.41) is 19.0. The van der Waals surface area contributed by atoms with Gasteiger partial charge in [0.1, 0.15) is 6.10 Å². The monoisotopic (exact) mass is 426 g/mol. The molecule has 5 nitrogen and oxygen atoms in total. The molecule has 1 aliphatic heterocycles. The average Bonchev–Trinajstić information content (AvgIpc) is 3.31. The van der Waals surface area contributed by atoms with Gasteiger partial charge in [-0.1, -0.05) is 11.6 Å². The Labute approximate surface area is 174 Å². The molecule has 8 heteroatoms. The van der Waals surface area contributed by atoms with Crippen molar-refractivity contribution >= 4 is 40.2 Å². The standard InChI is InChI=1S/C19H27ClN4OS2/c1-3-21-19(23-11-15(25)17-4-5-18(20)27-17)22-10-13(2)24-8-6-16-14(12-24)7-9-26-16/h4-5,7,9,13,15,25H,3,6,8,10-12H2,1-2H3,(H2,21,22,23). The highest BCUT2D eigenvalue weighted by Gasteiger charge is 2.21. The Morgan fingerprint density at radius 3 is 2.96 bits per heavy atom. The van der Waals surface area contributed by atoms with Crippen molar-refractivity contribution < 1.29 is 5.11 Å². The van der Waals surface area contributed by atoms with Crippen LogP contribution in [0.1, 0.15) is 35.3 Å². The van der Waals surface area contributed by atoms with Gasteiger partial charge in [-0.2, -0.15) is 0 Å². The summed E-state index contributed by atoms with van der Waals surface area (Å²) >= 11 is 9.22. The fraction of sp³-hybridized carbons (Fsp3) is 0.526. The van der Waals surface area contributed by atoms with E-state index in [-0.39, 0.29) is 0 Å². The molecule has 0 radical (unpaired) electrons. The highest BCUT2D eigenvalue weighted by Crippen LogP contribution is 2.26. The molecular weight excluding hydrogens is 400 g/mol. The normalized spacial score (nSPS) is 17.4. The van der Waals surface area contributed by atoms with E-state index >= 15 is 0 Å². The van der Waals surface area contributed by atoms with Crippen LogP contribution in [-0.2, 0) is 13.0 Å². The summed E-state index contributed by atoms with van der Waals surface area (Å²) in [7, 11) is 0. The number of hydrogen-bond acceptors (Lipinski definition) is 5. The highest BCUT2D eigenvalue weighted by atomic mass is 35.5. The topological polar surface area (TPSA) is 59.9 Å². The van der Waals surface area contributed by atoms with Crippen molar-refractivity contribution in [1.29, 1.82) is 0 Å². The van der Waals surface area contributed by atoms with Gasteiger partial charge in [0.25, 0.3) is 0 Å². The van der Waals surface area contributed by atoms with Gasteiger partial charge < -0.3 is 15.7 Å². The fourth-order valence-corrected chi connectivity index (χ4v) is 5.07. The molecule has 1 aliphatic rings. The highest BCUT2D eigenvalue weighted by molar-refractivity contribution is 7.16. The van der Waals surface area contributed by atoms with E-state index in [0.717, 1.165) is 43.4 Å². The minimum atomic E-state index is -0.595. The van der Waals surface area contributed by atoms with Gasteiger partial charge in [0.05, 0.1) is 10.9 Å². The van der Waals surface area contributed by atoms with Gasteiger partial charge >= 0.3 is 0 Å². The van der Waals surface area contributed by atoms with Crippen LogP contribution >= 0.6 is 34.3 Å². The maximum absolute atomic E-state index is 10.3. The molecule has 0 aromatic carbocycles. The number of nitrogens with one attached hydrogen (secondary N) is 2. The van der Waals surface area contributed by atoms with Crippen LogP contribution in [0, 0.1) is 0 Å². The SMILES string of the molecule is CCNC(=NCC(C)N1CCc2sccc2C1)NCC(O)c1ccc(Cl)s1. The van der Waals surface area contributed by atoms with Crippen LogP contribution in [0.4, 0.5) is 0 Å².